The van der Waals surface area contributed by atoms with Crippen LogP contribution in [0.4, 0.5) is 0 Å². The number of ether oxygens (including phenoxy) is 1. The third-order valence-electron chi connectivity index (χ3n) is 4.73. The summed E-state index contributed by atoms with van der Waals surface area (Å²) in [5.74, 6) is 0.893. The zero-order valence-corrected chi connectivity index (χ0v) is 16.1. The van der Waals surface area contributed by atoms with Gasteiger partial charge in [0.2, 0.25) is 0 Å². The van der Waals surface area contributed by atoms with Gasteiger partial charge in [-0.2, -0.15) is 0 Å². The van der Waals surface area contributed by atoms with Crippen LogP contribution in [0.2, 0.25) is 0 Å². The van der Waals surface area contributed by atoms with Gasteiger partial charge in [-0.05, 0) is 73.5 Å². The molecule has 0 amide bonds. The minimum atomic E-state index is -0.111. The highest BCUT2D eigenvalue weighted by Crippen LogP contribution is 2.16. The lowest BCUT2D eigenvalue weighted by Gasteiger charge is -2.26. The first-order valence-corrected chi connectivity index (χ1v) is 9.83. The van der Waals surface area contributed by atoms with Crippen molar-refractivity contribution in [2.24, 2.45) is 0 Å². The molecule has 1 saturated heterocycles. The Morgan fingerprint density at radius 1 is 0.964 bits per heavy atom. The lowest BCUT2D eigenvalue weighted by Crippen LogP contribution is -2.33. The minimum Gasteiger partial charge on any atom is -0.508 e. The van der Waals surface area contributed by atoms with E-state index in [2.05, 4.69) is 4.90 Å². The maximum atomic E-state index is 12.0. The average molecular weight is 377 g/mol. The van der Waals surface area contributed by atoms with E-state index in [1.807, 2.05) is 30.3 Å². The molecule has 1 heterocycles. The Morgan fingerprint density at radius 3 is 2.36 bits per heavy atom. The van der Waals surface area contributed by atoms with Crippen LogP contribution < -0.4 is 4.74 Å². The van der Waals surface area contributed by atoms with Gasteiger partial charge < -0.3 is 9.84 Å². The molecular formula is C24H27NO3. The van der Waals surface area contributed by atoms with Gasteiger partial charge in [-0.25, -0.2) is 0 Å². The molecule has 0 radical (unpaired) electrons. The van der Waals surface area contributed by atoms with Crippen molar-refractivity contribution < 1.29 is 14.6 Å². The molecule has 2 aromatic rings. The van der Waals surface area contributed by atoms with Crippen LogP contribution >= 0.6 is 0 Å². The number of carbonyl (C=O) groups is 1. The first-order valence-electron chi connectivity index (χ1n) is 9.83. The van der Waals surface area contributed by atoms with Gasteiger partial charge in [-0.15, -0.1) is 0 Å². The van der Waals surface area contributed by atoms with E-state index in [0.717, 1.165) is 23.4 Å². The van der Waals surface area contributed by atoms with Crippen molar-refractivity contribution in [2.75, 3.05) is 26.2 Å². The number of carbonyl (C=O) groups excluding carboxylic acids is 1. The van der Waals surface area contributed by atoms with E-state index >= 15 is 0 Å². The third-order valence-corrected chi connectivity index (χ3v) is 4.73. The Labute approximate surface area is 166 Å². The summed E-state index contributed by atoms with van der Waals surface area (Å²) in [4.78, 5) is 14.5. The lowest BCUT2D eigenvalue weighted by atomic mass is 10.1. The SMILES string of the molecule is O=C(C=Cc1cccc(O)c1)C=Cc1cccc(OCCN2CCCCC2)c1. The van der Waals surface area contributed by atoms with Crippen LogP contribution in [0.15, 0.2) is 60.7 Å². The van der Waals surface area contributed by atoms with E-state index in [1.165, 1.54) is 44.5 Å². The summed E-state index contributed by atoms with van der Waals surface area (Å²) >= 11 is 0. The number of aromatic hydroxyl groups is 1. The second-order valence-electron chi connectivity index (χ2n) is 6.99. The predicted molar refractivity (Wildman–Crippen MR) is 113 cm³/mol. The van der Waals surface area contributed by atoms with Gasteiger partial charge in [-0.1, -0.05) is 42.8 Å². The van der Waals surface area contributed by atoms with Gasteiger partial charge in [0.25, 0.3) is 0 Å². The van der Waals surface area contributed by atoms with E-state index in [4.69, 9.17) is 4.74 Å². The van der Waals surface area contributed by atoms with Crippen molar-refractivity contribution in [3.8, 4) is 11.5 Å². The van der Waals surface area contributed by atoms with E-state index in [-0.39, 0.29) is 11.5 Å². The molecule has 0 saturated carbocycles. The van der Waals surface area contributed by atoms with Gasteiger partial charge in [-0.3, -0.25) is 9.69 Å². The summed E-state index contributed by atoms with van der Waals surface area (Å²) in [6.07, 6.45) is 10.4. The second-order valence-corrected chi connectivity index (χ2v) is 6.99. The minimum absolute atomic E-state index is 0.111. The molecule has 0 aromatic heterocycles. The number of hydrogen-bond acceptors (Lipinski definition) is 4. The van der Waals surface area contributed by atoms with Crippen LogP contribution in [0.1, 0.15) is 30.4 Å². The molecule has 0 spiro atoms. The van der Waals surface area contributed by atoms with Crippen LogP contribution in [0.25, 0.3) is 12.2 Å². The van der Waals surface area contributed by atoms with E-state index in [9.17, 15) is 9.90 Å². The number of phenolic OH excluding ortho intramolecular Hbond substituents is 1. The summed E-state index contributed by atoms with van der Waals surface area (Å²) in [7, 11) is 0. The standard InChI is InChI=1S/C24H27NO3/c26-22(12-10-20-6-4-8-23(27)18-20)13-11-21-7-5-9-24(19-21)28-17-16-25-14-2-1-3-15-25/h4-13,18-19,27H,1-3,14-17H2. The highest BCUT2D eigenvalue weighted by Gasteiger charge is 2.09. The maximum absolute atomic E-state index is 12.0. The maximum Gasteiger partial charge on any atom is 0.178 e. The van der Waals surface area contributed by atoms with Crippen molar-refractivity contribution >= 4 is 17.9 Å². The molecule has 1 N–H and O–H groups in total. The number of piperidine rings is 1. The Kier molecular flexibility index (Phi) is 7.44. The highest BCUT2D eigenvalue weighted by molar-refractivity contribution is 6.04. The molecule has 1 aliphatic heterocycles. The number of hydrogen-bond donors (Lipinski definition) is 1. The monoisotopic (exact) mass is 377 g/mol. The molecule has 4 heteroatoms. The molecular weight excluding hydrogens is 350 g/mol. The van der Waals surface area contributed by atoms with Gasteiger partial charge in [0.15, 0.2) is 5.78 Å². The Balaban J connectivity index is 1.49. The summed E-state index contributed by atoms with van der Waals surface area (Å²) in [5, 5.41) is 9.44. The first-order chi connectivity index (χ1) is 13.7. The zero-order valence-electron chi connectivity index (χ0n) is 16.1. The highest BCUT2D eigenvalue weighted by atomic mass is 16.5. The Morgan fingerprint density at radius 2 is 1.64 bits per heavy atom. The van der Waals surface area contributed by atoms with Crippen LogP contribution in [0.5, 0.6) is 11.5 Å². The number of benzene rings is 2. The van der Waals surface area contributed by atoms with E-state index < -0.39 is 0 Å². The fourth-order valence-electron chi connectivity index (χ4n) is 3.22. The zero-order chi connectivity index (χ0) is 19.6. The van der Waals surface area contributed by atoms with Gasteiger partial charge in [0.05, 0.1) is 0 Å². The third kappa shape index (κ3) is 6.71. The Hall–Kier alpha value is -2.85. The molecule has 146 valence electrons. The molecule has 0 aliphatic carbocycles. The number of nitrogens with zero attached hydrogens (tertiary/aromatic N) is 1. The summed E-state index contributed by atoms with van der Waals surface area (Å²) < 4.78 is 5.87. The number of phenols is 1. The normalized spacial score (nSPS) is 15.3. The largest absolute Gasteiger partial charge is 0.508 e. The predicted octanol–water partition coefficient (Wildman–Crippen LogP) is 4.55. The lowest BCUT2D eigenvalue weighted by molar-refractivity contribution is -0.110. The fraction of sp³-hybridized carbons (Fsp3) is 0.292. The van der Waals surface area contributed by atoms with Crippen LogP contribution in [0.3, 0.4) is 0 Å². The molecule has 4 nitrogen and oxygen atoms in total. The van der Waals surface area contributed by atoms with Gasteiger partial charge >= 0.3 is 0 Å². The number of likely N-dealkylation sites (tertiary alicyclic amines) is 1. The summed E-state index contributed by atoms with van der Waals surface area (Å²) in [5.41, 5.74) is 1.71. The Bertz CT molecular complexity index is 835. The average Bonchev–Trinajstić information content (AvgIpc) is 2.72. The summed E-state index contributed by atoms with van der Waals surface area (Å²) in [6.45, 7) is 3.98. The molecule has 0 atom stereocenters. The molecule has 28 heavy (non-hydrogen) atoms. The molecule has 3 rings (SSSR count). The van der Waals surface area contributed by atoms with Crippen molar-refractivity contribution in [3.05, 3.63) is 71.8 Å². The molecule has 1 aliphatic rings. The number of rotatable bonds is 8. The van der Waals surface area contributed by atoms with Gasteiger partial charge in [0, 0.05) is 6.54 Å². The van der Waals surface area contributed by atoms with Crippen molar-refractivity contribution in [2.45, 2.75) is 19.3 Å². The van der Waals surface area contributed by atoms with Crippen LogP contribution in [-0.2, 0) is 4.79 Å². The van der Waals surface area contributed by atoms with Crippen LogP contribution in [-0.4, -0.2) is 42.0 Å². The quantitative estimate of drug-likeness (QED) is 0.686. The summed E-state index contributed by atoms with van der Waals surface area (Å²) in [6, 6.07) is 14.5. The van der Waals surface area contributed by atoms with E-state index in [1.54, 1.807) is 30.4 Å². The number of ketones is 1. The second kappa shape index (κ2) is 10.5. The van der Waals surface area contributed by atoms with Crippen LogP contribution in [0, 0.1) is 0 Å². The number of allylic oxidation sites excluding steroid dienone is 2. The van der Waals surface area contributed by atoms with E-state index in [0.29, 0.717) is 6.61 Å². The van der Waals surface area contributed by atoms with Crippen molar-refractivity contribution in [1.82, 2.24) is 4.90 Å². The molecule has 2 aromatic carbocycles. The fourth-order valence-corrected chi connectivity index (χ4v) is 3.22. The molecule has 0 bridgehead atoms. The van der Waals surface area contributed by atoms with Crippen molar-refractivity contribution in [3.63, 3.8) is 0 Å². The molecule has 1 fully saturated rings. The smallest absolute Gasteiger partial charge is 0.178 e. The van der Waals surface area contributed by atoms with Crippen molar-refractivity contribution in [1.29, 1.82) is 0 Å². The first kappa shape index (κ1) is 19.9. The molecule has 0 unspecified atom stereocenters. The topological polar surface area (TPSA) is 49.8 Å². The van der Waals surface area contributed by atoms with Gasteiger partial charge in [0.1, 0.15) is 18.1 Å².